The van der Waals surface area contributed by atoms with E-state index in [2.05, 4.69) is 19.8 Å². The molecule has 4 rings (SSSR count). The second-order valence-electron chi connectivity index (χ2n) is 5.64. The molecule has 0 atom stereocenters. The third kappa shape index (κ3) is 2.29. The number of fused-ring (bicyclic) bond motifs is 1. The largest absolute Gasteiger partial charge is 0.355 e. The van der Waals surface area contributed by atoms with Crippen LogP contribution in [0.2, 0.25) is 0 Å². The summed E-state index contributed by atoms with van der Waals surface area (Å²) in [7, 11) is 0. The van der Waals surface area contributed by atoms with Gasteiger partial charge in [-0.25, -0.2) is 4.98 Å². The number of rotatable bonds is 3. The summed E-state index contributed by atoms with van der Waals surface area (Å²) in [5.74, 6) is 0.946. The number of nitrogens with one attached hydrogen (secondary N) is 1. The number of hydrogen-bond acceptors (Lipinski definition) is 4. The van der Waals surface area contributed by atoms with Crippen molar-refractivity contribution in [1.82, 2.24) is 14.9 Å². The summed E-state index contributed by atoms with van der Waals surface area (Å²) in [6.45, 7) is 3.60. The number of carbonyl (C=O) groups excluding carboxylic acids is 1. The monoisotopic (exact) mass is 306 g/mol. The van der Waals surface area contributed by atoms with Crippen LogP contribution in [0.5, 0.6) is 0 Å². The lowest BCUT2D eigenvalue weighted by molar-refractivity contribution is 0.112. The summed E-state index contributed by atoms with van der Waals surface area (Å²) < 4.78 is 2.10. The Morgan fingerprint density at radius 1 is 1.04 bits per heavy atom. The third-order valence-corrected chi connectivity index (χ3v) is 4.29. The van der Waals surface area contributed by atoms with Crippen molar-refractivity contribution in [1.29, 1.82) is 0 Å². The molecule has 1 aliphatic heterocycles. The minimum absolute atomic E-state index is 0.721. The Morgan fingerprint density at radius 3 is 2.57 bits per heavy atom. The normalized spacial score (nSPS) is 15.0. The topological polar surface area (TPSA) is 50.2 Å². The zero-order valence-electron chi connectivity index (χ0n) is 12.8. The fraction of sp³-hybridized carbons (Fsp3) is 0.222. The lowest BCUT2D eigenvalue weighted by Gasteiger charge is -2.30. The van der Waals surface area contributed by atoms with Crippen LogP contribution in [-0.2, 0) is 0 Å². The van der Waals surface area contributed by atoms with Crippen LogP contribution in [0.4, 0.5) is 5.82 Å². The van der Waals surface area contributed by atoms with Crippen LogP contribution >= 0.6 is 0 Å². The van der Waals surface area contributed by atoms with E-state index in [4.69, 9.17) is 0 Å². The number of piperazine rings is 1. The molecule has 0 saturated carbocycles. The molecule has 1 N–H and O–H groups in total. The highest BCUT2D eigenvalue weighted by atomic mass is 16.1. The number of anilines is 1. The summed E-state index contributed by atoms with van der Waals surface area (Å²) >= 11 is 0. The van der Waals surface area contributed by atoms with Crippen molar-refractivity contribution < 1.29 is 4.79 Å². The lowest BCUT2D eigenvalue weighted by atomic mass is 10.2. The first-order chi connectivity index (χ1) is 11.4. The number of hydrogen-bond donors (Lipinski definition) is 1. The highest BCUT2D eigenvalue weighted by Gasteiger charge is 2.24. The molecule has 0 unspecified atom stereocenters. The van der Waals surface area contributed by atoms with Crippen molar-refractivity contribution >= 4 is 23.1 Å². The molecule has 116 valence electrons. The Bertz CT molecular complexity index is 835. The maximum atomic E-state index is 11.8. The first-order valence-electron chi connectivity index (χ1n) is 7.86. The van der Waals surface area contributed by atoms with E-state index in [0.29, 0.717) is 0 Å². The fourth-order valence-electron chi connectivity index (χ4n) is 3.25. The van der Waals surface area contributed by atoms with Gasteiger partial charge >= 0.3 is 0 Å². The van der Waals surface area contributed by atoms with E-state index >= 15 is 0 Å². The van der Waals surface area contributed by atoms with Crippen LogP contribution in [-0.4, -0.2) is 42.0 Å². The molecule has 3 heterocycles. The van der Waals surface area contributed by atoms with Gasteiger partial charge in [0.1, 0.15) is 11.5 Å². The summed E-state index contributed by atoms with van der Waals surface area (Å²) in [6.07, 6.45) is 2.73. The van der Waals surface area contributed by atoms with E-state index in [1.54, 1.807) is 6.20 Å². The van der Waals surface area contributed by atoms with E-state index in [9.17, 15) is 4.79 Å². The van der Waals surface area contributed by atoms with Crippen LogP contribution in [0.1, 0.15) is 10.4 Å². The molecule has 5 nitrogen and oxygen atoms in total. The molecule has 0 aliphatic carbocycles. The van der Waals surface area contributed by atoms with Crippen molar-refractivity contribution in [3.05, 3.63) is 54.2 Å². The van der Waals surface area contributed by atoms with Gasteiger partial charge in [0.25, 0.3) is 0 Å². The molecular formula is C18H18N4O. The maximum Gasteiger partial charge on any atom is 0.154 e. The van der Waals surface area contributed by atoms with Gasteiger partial charge in [-0.15, -0.1) is 0 Å². The number of aldehydes is 1. The van der Waals surface area contributed by atoms with Crippen LogP contribution in [0, 0.1) is 0 Å². The molecule has 5 heteroatoms. The third-order valence-electron chi connectivity index (χ3n) is 4.29. The number of pyridine rings is 1. The summed E-state index contributed by atoms with van der Waals surface area (Å²) in [5.41, 5.74) is 2.58. The van der Waals surface area contributed by atoms with Gasteiger partial charge in [-0.3, -0.25) is 9.36 Å². The van der Waals surface area contributed by atoms with Gasteiger partial charge in [-0.05, 0) is 24.3 Å². The minimum Gasteiger partial charge on any atom is -0.355 e. The molecule has 3 aromatic rings. The van der Waals surface area contributed by atoms with Gasteiger partial charge in [0.15, 0.2) is 6.29 Å². The summed E-state index contributed by atoms with van der Waals surface area (Å²) in [4.78, 5) is 18.7. The minimum atomic E-state index is 0.721. The Hall–Kier alpha value is -2.66. The molecule has 23 heavy (non-hydrogen) atoms. The molecule has 2 aromatic heterocycles. The first-order valence-corrected chi connectivity index (χ1v) is 7.86. The molecule has 0 spiro atoms. The van der Waals surface area contributed by atoms with E-state index in [1.165, 1.54) is 0 Å². The van der Waals surface area contributed by atoms with Gasteiger partial charge in [0.2, 0.25) is 0 Å². The van der Waals surface area contributed by atoms with Crippen LogP contribution in [0.25, 0.3) is 16.7 Å². The molecule has 1 aliphatic rings. The second-order valence-corrected chi connectivity index (χ2v) is 5.64. The van der Waals surface area contributed by atoms with Gasteiger partial charge in [0, 0.05) is 43.4 Å². The predicted octanol–water partition coefficient (Wildman–Crippen LogP) is 2.25. The Labute approximate surface area is 134 Å². The summed E-state index contributed by atoms with van der Waals surface area (Å²) in [6, 6.07) is 14.0. The molecular weight excluding hydrogens is 288 g/mol. The number of nitrogens with zero attached hydrogens (tertiary/aromatic N) is 3. The smallest absolute Gasteiger partial charge is 0.154 e. The van der Waals surface area contributed by atoms with E-state index in [0.717, 1.165) is 60.6 Å². The molecule has 1 aromatic carbocycles. The Morgan fingerprint density at radius 2 is 1.83 bits per heavy atom. The number of benzene rings is 1. The molecule has 0 bridgehead atoms. The lowest BCUT2D eigenvalue weighted by Crippen LogP contribution is -2.44. The van der Waals surface area contributed by atoms with Gasteiger partial charge < -0.3 is 10.2 Å². The highest BCUT2D eigenvalue weighted by Crippen LogP contribution is 2.33. The van der Waals surface area contributed by atoms with Crippen molar-refractivity contribution in [3.8, 4) is 5.69 Å². The fourth-order valence-corrected chi connectivity index (χ4v) is 3.25. The quantitative estimate of drug-likeness (QED) is 0.754. The zero-order chi connectivity index (χ0) is 15.6. The van der Waals surface area contributed by atoms with Crippen molar-refractivity contribution in [3.63, 3.8) is 0 Å². The standard InChI is InChI=1S/C18H18N4O/c23-13-16-15-7-4-8-20-17(15)22(14-5-2-1-3-6-14)18(16)21-11-9-19-10-12-21/h1-8,13,19H,9-12H2. The van der Waals surface area contributed by atoms with Gasteiger partial charge in [-0.1, -0.05) is 18.2 Å². The maximum absolute atomic E-state index is 11.8. The average molecular weight is 306 g/mol. The van der Waals surface area contributed by atoms with Crippen LogP contribution in [0.3, 0.4) is 0 Å². The van der Waals surface area contributed by atoms with Gasteiger partial charge in [0.05, 0.1) is 5.56 Å². The molecule has 1 fully saturated rings. The predicted molar refractivity (Wildman–Crippen MR) is 91.5 cm³/mol. The summed E-state index contributed by atoms with van der Waals surface area (Å²) in [5, 5.41) is 4.26. The SMILES string of the molecule is O=Cc1c(N2CCNCC2)n(-c2ccccc2)c2ncccc12. The first kappa shape index (κ1) is 14.0. The van der Waals surface area contributed by atoms with E-state index in [1.807, 2.05) is 42.5 Å². The number of para-hydroxylation sites is 1. The number of aromatic nitrogens is 2. The molecule has 0 amide bonds. The Kier molecular flexibility index (Phi) is 3.55. The van der Waals surface area contributed by atoms with Crippen molar-refractivity contribution in [2.24, 2.45) is 0 Å². The molecule has 0 radical (unpaired) electrons. The molecule has 1 saturated heterocycles. The van der Waals surface area contributed by atoms with Crippen molar-refractivity contribution in [2.75, 3.05) is 31.1 Å². The van der Waals surface area contributed by atoms with Crippen LogP contribution < -0.4 is 10.2 Å². The van der Waals surface area contributed by atoms with Crippen LogP contribution in [0.15, 0.2) is 48.7 Å². The van der Waals surface area contributed by atoms with E-state index in [-0.39, 0.29) is 0 Å². The van der Waals surface area contributed by atoms with E-state index < -0.39 is 0 Å². The van der Waals surface area contributed by atoms with Crippen molar-refractivity contribution in [2.45, 2.75) is 0 Å². The average Bonchev–Trinajstić information content (AvgIpc) is 2.97. The van der Waals surface area contributed by atoms with Gasteiger partial charge in [-0.2, -0.15) is 0 Å². The Balaban J connectivity index is 2.03. The second kappa shape index (κ2) is 5.85. The highest BCUT2D eigenvalue weighted by molar-refractivity contribution is 6.03. The zero-order valence-corrected chi connectivity index (χ0v) is 12.8. The number of carbonyl (C=O) groups is 1.